The van der Waals surface area contributed by atoms with Gasteiger partial charge in [-0.2, -0.15) is 0 Å². The second-order valence-electron chi connectivity index (χ2n) is 6.57. The molecular weight excluding hydrogens is 252 g/mol. The third kappa shape index (κ3) is 2.38. The maximum atomic E-state index is 6.45. The van der Waals surface area contributed by atoms with E-state index in [0.717, 1.165) is 31.9 Å². The van der Waals surface area contributed by atoms with E-state index in [4.69, 9.17) is 10.5 Å². The van der Waals surface area contributed by atoms with E-state index in [1.54, 1.807) is 0 Å². The van der Waals surface area contributed by atoms with Crippen LogP contribution in [-0.4, -0.2) is 47.3 Å². The Balaban J connectivity index is 1.76. The largest absolute Gasteiger partial charge is 0.381 e. The zero-order valence-corrected chi connectivity index (χ0v) is 12.6. The van der Waals surface area contributed by atoms with Crippen LogP contribution in [0.4, 0.5) is 0 Å². The standard InChI is InChI=1S/C15H26N4O/c1-18(2)15(5-3-6-15)10-19-11-17-8-13(19)14(16)12-4-7-20-9-12/h8,11-12,14H,3-7,9-10,16H2,1-2H3. The Morgan fingerprint density at radius 1 is 1.55 bits per heavy atom. The van der Waals surface area contributed by atoms with E-state index in [0.29, 0.717) is 11.5 Å². The van der Waals surface area contributed by atoms with Gasteiger partial charge < -0.3 is 19.9 Å². The van der Waals surface area contributed by atoms with Gasteiger partial charge in [-0.25, -0.2) is 4.98 Å². The molecule has 1 saturated heterocycles. The van der Waals surface area contributed by atoms with Crippen LogP contribution < -0.4 is 5.73 Å². The van der Waals surface area contributed by atoms with Crippen LogP contribution in [0.5, 0.6) is 0 Å². The van der Waals surface area contributed by atoms with Gasteiger partial charge in [-0.3, -0.25) is 0 Å². The lowest BCUT2D eigenvalue weighted by atomic mass is 9.75. The van der Waals surface area contributed by atoms with Crippen molar-refractivity contribution in [3.63, 3.8) is 0 Å². The molecule has 1 aliphatic heterocycles. The predicted octanol–water partition coefficient (Wildman–Crippen LogP) is 1.40. The fourth-order valence-electron chi connectivity index (χ4n) is 3.47. The van der Waals surface area contributed by atoms with Crippen LogP contribution in [0.2, 0.25) is 0 Å². The molecule has 20 heavy (non-hydrogen) atoms. The number of nitrogens with two attached hydrogens (primary N) is 1. The molecule has 2 unspecified atom stereocenters. The Labute approximate surface area is 121 Å². The number of likely N-dealkylation sites (N-methyl/N-ethyl adjacent to an activating group) is 1. The summed E-state index contributed by atoms with van der Waals surface area (Å²) >= 11 is 0. The summed E-state index contributed by atoms with van der Waals surface area (Å²) in [6.45, 7) is 2.62. The molecule has 1 aliphatic carbocycles. The highest BCUT2D eigenvalue weighted by Crippen LogP contribution is 2.38. The van der Waals surface area contributed by atoms with Crippen molar-refractivity contribution in [2.45, 2.75) is 43.8 Å². The topological polar surface area (TPSA) is 56.3 Å². The maximum Gasteiger partial charge on any atom is 0.0949 e. The smallest absolute Gasteiger partial charge is 0.0949 e. The summed E-state index contributed by atoms with van der Waals surface area (Å²) in [7, 11) is 4.36. The van der Waals surface area contributed by atoms with Crippen LogP contribution in [-0.2, 0) is 11.3 Å². The van der Waals surface area contributed by atoms with Gasteiger partial charge in [0.25, 0.3) is 0 Å². The van der Waals surface area contributed by atoms with Crippen LogP contribution in [0, 0.1) is 5.92 Å². The Kier molecular flexibility index (Phi) is 3.84. The van der Waals surface area contributed by atoms with E-state index < -0.39 is 0 Å². The summed E-state index contributed by atoms with van der Waals surface area (Å²) in [5.41, 5.74) is 7.90. The molecule has 0 bridgehead atoms. The molecule has 2 aliphatic rings. The molecule has 2 fully saturated rings. The van der Waals surface area contributed by atoms with Crippen LogP contribution in [0.25, 0.3) is 0 Å². The van der Waals surface area contributed by atoms with Crippen molar-refractivity contribution in [3.05, 3.63) is 18.2 Å². The highest BCUT2D eigenvalue weighted by Gasteiger charge is 2.40. The third-order valence-corrected chi connectivity index (χ3v) is 5.26. The molecule has 112 valence electrons. The van der Waals surface area contributed by atoms with Gasteiger partial charge in [-0.05, 0) is 39.8 Å². The summed E-state index contributed by atoms with van der Waals surface area (Å²) < 4.78 is 7.74. The molecule has 3 rings (SSSR count). The Bertz CT molecular complexity index is 446. The van der Waals surface area contributed by atoms with Crippen LogP contribution >= 0.6 is 0 Å². The number of hydrogen-bond acceptors (Lipinski definition) is 4. The Morgan fingerprint density at radius 2 is 2.35 bits per heavy atom. The first kappa shape index (κ1) is 14.0. The summed E-state index contributed by atoms with van der Waals surface area (Å²) in [5, 5.41) is 0. The molecular formula is C15H26N4O. The number of imidazole rings is 1. The summed E-state index contributed by atoms with van der Waals surface area (Å²) in [4.78, 5) is 6.71. The first-order valence-electron chi connectivity index (χ1n) is 7.63. The van der Waals surface area contributed by atoms with Gasteiger partial charge >= 0.3 is 0 Å². The van der Waals surface area contributed by atoms with Gasteiger partial charge in [0.1, 0.15) is 0 Å². The van der Waals surface area contributed by atoms with Crippen LogP contribution in [0.1, 0.15) is 37.4 Å². The zero-order chi connectivity index (χ0) is 14.2. The summed E-state index contributed by atoms with van der Waals surface area (Å²) in [5.74, 6) is 0.433. The summed E-state index contributed by atoms with van der Waals surface area (Å²) in [6, 6.07) is 0.0410. The lowest BCUT2D eigenvalue weighted by Gasteiger charge is -2.48. The second kappa shape index (κ2) is 5.47. The normalized spacial score (nSPS) is 26.7. The number of nitrogens with zero attached hydrogens (tertiary/aromatic N) is 3. The Hall–Kier alpha value is -0.910. The zero-order valence-electron chi connectivity index (χ0n) is 12.6. The average molecular weight is 278 g/mol. The van der Waals surface area contributed by atoms with E-state index in [2.05, 4.69) is 28.5 Å². The van der Waals surface area contributed by atoms with Crippen molar-refractivity contribution < 1.29 is 4.74 Å². The minimum atomic E-state index is 0.0410. The van der Waals surface area contributed by atoms with Crippen molar-refractivity contribution in [1.29, 1.82) is 0 Å². The van der Waals surface area contributed by atoms with Gasteiger partial charge in [-0.1, -0.05) is 0 Å². The second-order valence-corrected chi connectivity index (χ2v) is 6.57. The quantitative estimate of drug-likeness (QED) is 0.884. The SMILES string of the molecule is CN(C)C1(Cn2cncc2C(N)C2CCOC2)CCC1. The van der Waals surface area contributed by atoms with Gasteiger partial charge in [0.15, 0.2) is 0 Å². The van der Waals surface area contributed by atoms with E-state index in [1.165, 1.54) is 19.3 Å². The van der Waals surface area contributed by atoms with Crippen molar-refractivity contribution in [3.8, 4) is 0 Å². The fraction of sp³-hybridized carbons (Fsp3) is 0.800. The fourth-order valence-corrected chi connectivity index (χ4v) is 3.47. The molecule has 0 amide bonds. The number of hydrogen-bond donors (Lipinski definition) is 1. The molecule has 1 aromatic heterocycles. The highest BCUT2D eigenvalue weighted by atomic mass is 16.5. The maximum absolute atomic E-state index is 6.45. The lowest BCUT2D eigenvalue weighted by molar-refractivity contribution is 0.0411. The van der Waals surface area contributed by atoms with Crippen LogP contribution in [0.15, 0.2) is 12.5 Å². The predicted molar refractivity (Wildman–Crippen MR) is 78.4 cm³/mol. The van der Waals surface area contributed by atoms with Crippen molar-refractivity contribution >= 4 is 0 Å². The first-order chi connectivity index (χ1) is 9.62. The molecule has 5 nitrogen and oxygen atoms in total. The number of rotatable bonds is 5. The van der Waals surface area contributed by atoms with E-state index in [-0.39, 0.29) is 6.04 Å². The van der Waals surface area contributed by atoms with E-state index in [1.807, 2.05) is 12.5 Å². The van der Waals surface area contributed by atoms with E-state index >= 15 is 0 Å². The average Bonchev–Trinajstić information content (AvgIpc) is 3.03. The molecule has 0 radical (unpaired) electrons. The first-order valence-corrected chi connectivity index (χ1v) is 7.63. The minimum Gasteiger partial charge on any atom is -0.381 e. The van der Waals surface area contributed by atoms with Gasteiger partial charge in [0.05, 0.1) is 24.7 Å². The monoisotopic (exact) mass is 278 g/mol. The molecule has 2 atom stereocenters. The van der Waals surface area contributed by atoms with Gasteiger partial charge in [0, 0.05) is 30.8 Å². The summed E-state index contributed by atoms with van der Waals surface area (Å²) in [6.07, 6.45) is 8.79. The molecule has 5 heteroatoms. The van der Waals surface area contributed by atoms with Crippen molar-refractivity contribution in [2.24, 2.45) is 11.7 Å². The van der Waals surface area contributed by atoms with Crippen molar-refractivity contribution in [2.75, 3.05) is 27.3 Å². The molecule has 2 heterocycles. The lowest BCUT2D eigenvalue weighted by Crippen LogP contribution is -2.53. The number of aromatic nitrogens is 2. The molecule has 1 saturated carbocycles. The van der Waals surface area contributed by atoms with E-state index in [9.17, 15) is 0 Å². The molecule has 1 aromatic rings. The molecule has 0 aromatic carbocycles. The van der Waals surface area contributed by atoms with Gasteiger partial charge in [0.2, 0.25) is 0 Å². The third-order valence-electron chi connectivity index (χ3n) is 5.26. The molecule has 2 N–H and O–H groups in total. The van der Waals surface area contributed by atoms with Crippen LogP contribution in [0.3, 0.4) is 0 Å². The minimum absolute atomic E-state index is 0.0410. The molecule has 0 spiro atoms. The van der Waals surface area contributed by atoms with Crippen molar-refractivity contribution in [1.82, 2.24) is 14.5 Å². The Morgan fingerprint density at radius 3 is 2.90 bits per heavy atom. The van der Waals surface area contributed by atoms with Gasteiger partial charge in [-0.15, -0.1) is 0 Å². The highest BCUT2D eigenvalue weighted by molar-refractivity contribution is 5.09. The number of ether oxygens (including phenoxy) is 1.